The fourth-order valence-corrected chi connectivity index (χ4v) is 17.4. The van der Waals surface area contributed by atoms with E-state index < -0.39 is 197 Å². The first-order valence-corrected chi connectivity index (χ1v) is 31.0. The Morgan fingerprint density at radius 1 is 0.600 bits per heavy atom. The van der Waals surface area contributed by atoms with Crippen LogP contribution in [0.1, 0.15) is 120 Å². The normalized spacial score (nSPS) is 51.9. The maximum atomic E-state index is 11.8. The summed E-state index contributed by atoms with van der Waals surface area (Å²) in [5.74, 6) is -0.903. The molecule has 492 valence electrons. The Balaban J connectivity index is 0.877. The molecule has 16 N–H and O–H groups in total. The number of hydrogen-bond acceptors (Lipinski definition) is 25. The number of allylic oxidation sites excluding steroid dienone is 1. The van der Waals surface area contributed by atoms with Crippen LogP contribution in [0.5, 0.6) is 0 Å². The molecule has 9 aliphatic rings. The fourth-order valence-electron chi connectivity index (χ4n) is 17.4. The van der Waals surface area contributed by atoms with Gasteiger partial charge in [-0.3, -0.25) is 0 Å². The Morgan fingerprint density at radius 2 is 1.19 bits per heavy atom. The Hall–Kier alpha value is -1.26. The smallest absolute Gasteiger partial charge is 0.187 e. The molecule has 8 fully saturated rings. The highest BCUT2D eigenvalue weighted by Gasteiger charge is 2.68. The highest BCUT2D eigenvalue weighted by atomic mass is 16.8. The van der Waals surface area contributed by atoms with Crippen LogP contribution in [0.4, 0.5) is 0 Å². The molecular formula is C60H102O25. The lowest BCUT2D eigenvalue weighted by Crippen LogP contribution is -2.67. The first-order valence-electron chi connectivity index (χ1n) is 31.0. The second-order valence-corrected chi connectivity index (χ2v) is 28.6. The van der Waals surface area contributed by atoms with Crippen molar-refractivity contribution in [2.24, 2.45) is 57.2 Å². The van der Waals surface area contributed by atoms with E-state index >= 15 is 0 Å². The van der Waals surface area contributed by atoms with Gasteiger partial charge in [0, 0.05) is 17.3 Å². The standard InChI is InChI=1S/C60H102O25/c1-25(10-14-37(57(5,6)76)84-55-51(85-54-49(75)45(71)41(67)33(22-63)81-54)46(72)42(68)34(82-55)24-78-52-39(65)26(2)30(64)23-77-52)27-16-17-60(9)35-13-11-28-29(58(35,7)18-19-59(27,60)8)12-15-36(56(28,3)4)83-53-48(74)43(69)38(31(20-61)80-53)50-47(73)44(70)40(66)32(21-62)79-50/h11,25-27,29-55,61-76H,10,12-24H2,1-9H3/t25-,26+,27?,29?,30-,31-,32-,33+,34-,35?,36+,37-,38?,39-,40-,41+,42-,43+,44+,45-,46+,47-,48-,49+,50+,51-,52+,53+,54-,55+,58+,59-,60+/m1/s1. The molecule has 0 aromatic carbocycles. The van der Waals surface area contributed by atoms with Gasteiger partial charge in [-0.15, -0.1) is 0 Å². The van der Waals surface area contributed by atoms with Gasteiger partial charge in [-0.05, 0) is 112 Å². The molecule has 0 aromatic heterocycles. The molecular weight excluding hydrogens is 1120 g/mol. The van der Waals surface area contributed by atoms with Crippen molar-refractivity contribution in [3.05, 3.63) is 11.6 Å². The van der Waals surface area contributed by atoms with E-state index in [0.717, 1.165) is 38.5 Å². The molecule has 0 aromatic rings. The summed E-state index contributed by atoms with van der Waals surface area (Å²) >= 11 is 0. The minimum atomic E-state index is -1.88. The van der Waals surface area contributed by atoms with Crippen molar-refractivity contribution in [3.63, 3.8) is 0 Å². The molecule has 85 heavy (non-hydrogen) atoms. The van der Waals surface area contributed by atoms with Crippen molar-refractivity contribution in [1.29, 1.82) is 0 Å². The van der Waals surface area contributed by atoms with Crippen molar-refractivity contribution in [3.8, 4) is 0 Å². The molecule has 0 bridgehead atoms. The van der Waals surface area contributed by atoms with E-state index in [2.05, 4.69) is 47.6 Å². The van der Waals surface area contributed by atoms with E-state index in [-0.39, 0.29) is 40.6 Å². The van der Waals surface area contributed by atoms with Gasteiger partial charge in [0.05, 0.1) is 75.3 Å². The van der Waals surface area contributed by atoms with Crippen molar-refractivity contribution >= 4 is 0 Å². The first-order chi connectivity index (χ1) is 39.8. The molecule has 9 rings (SSSR count). The molecule has 25 heteroatoms. The maximum Gasteiger partial charge on any atom is 0.187 e. The van der Waals surface area contributed by atoms with Crippen LogP contribution in [-0.2, 0) is 42.6 Å². The largest absolute Gasteiger partial charge is 0.394 e. The van der Waals surface area contributed by atoms with E-state index in [9.17, 15) is 81.7 Å². The quantitative estimate of drug-likeness (QED) is 0.0648. The second kappa shape index (κ2) is 26.0. The number of aliphatic hydroxyl groups excluding tert-OH is 15. The summed E-state index contributed by atoms with van der Waals surface area (Å²) in [6.45, 7) is 16.0. The minimum absolute atomic E-state index is 0.0624. The van der Waals surface area contributed by atoms with Crippen LogP contribution in [0, 0.1) is 57.2 Å². The number of fused-ring (bicyclic) bond motifs is 5. The van der Waals surface area contributed by atoms with Crippen LogP contribution in [-0.4, -0.2) is 268 Å². The van der Waals surface area contributed by atoms with Crippen LogP contribution in [0.2, 0.25) is 0 Å². The van der Waals surface area contributed by atoms with E-state index in [0.29, 0.717) is 25.2 Å². The zero-order chi connectivity index (χ0) is 62.4. The highest BCUT2D eigenvalue weighted by molar-refractivity contribution is 5.30. The van der Waals surface area contributed by atoms with Gasteiger partial charge in [0.2, 0.25) is 0 Å². The van der Waals surface area contributed by atoms with Crippen molar-refractivity contribution < 1.29 is 124 Å². The summed E-state index contributed by atoms with van der Waals surface area (Å²) < 4.78 is 54.6. The Morgan fingerprint density at radius 3 is 1.84 bits per heavy atom. The van der Waals surface area contributed by atoms with Gasteiger partial charge in [0.1, 0.15) is 85.5 Å². The van der Waals surface area contributed by atoms with Gasteiger partial charge in [0.25, 0.3) is 0 Å². The third-order valence-electron chi connectivity index (χ3n) is 23.1. The molecule has 0 spiro atoms. The third-order valence-corrected chi connectivity index (χ3v) is 23.1. The van der Waals surface area contributed by atoms with Crippen molar-refractivity contribution in [2.75, 3.05) is 33.0 Å². The zero-order valence-electron chi connectivity index (χ0n) is 50.6. The Bertz CT molecular complexity index is 2230. The monoisotopic (exact) mass is 1220 g/mol. The predicted molar refractivity (Wildman–Crippen MR) is 295 cm³/mol. The molecule has 5 heterocycles. The minimum Gasteiger partial charge on any atom is -0.394 e. The van der Waals surface area contributed by atoms with Crippen LogP contribution >= 0.6 is 0 Å². The second-order valence-electron chi connectivity index (χ2n) is 28.6. The molecule has 5 aliphatic heterocycles. The van der Waals surface area contributed by atoms with Crippen LogP contribution in [0.25, 0.3) is 0 Å². The average molecular weight is 1220 g/mol. The van der Waals surface area contributed by atoms with Crippen LogP contribution in [0.3, 0.4) is 0 Å². The van der Waals surface area contributed by atoms with Crippen LogP contribution < -0.4 is 0 Å². The molecule has 25 nitrogen and oxygen atoms in total. The fraction of sp³-hybridized carbons (Fsp3) is 0.967. The van der Waals surface area contributed by atoms with Gasteiger partial charge in [-0.25, -0.2) is 0 Å². The van der Waals surface area contributed by atoms with Gasteiger partial charge >= 0.3 is 0 Å². The molecule has 0 radical (unpaired) electrons. The number of ether oxygens (including phenoxy) is 9. The summed E-state index contributed by atoms with van der Waals surface area (Å²) in [6.07, 6.45) is -25.7. The molecule has 5 saturated heterocycles. The van der Waals surface area contributed by atoms with Crippen molar-refractivity contribution in [2.45, 2.75) is 273 Å². The summed E-state index contributed by atoms with van der Waals surface area (Å²) in [5.41, 5.74) is -1.01. The summed E-state index contributed by atoms with van der Waals surface area (Å²) in [5, 5.41) is 173. The van der Waals surface area contributed by atoms with E-state index in [1.165, 1.54) is 5.57 Å². The Labute approximate surface area is 497 Å². The molecule has 3 saturated carbocycles. The third kappa shape index (κ3) is 12.3. The van der Waals surface area contributed by atoms with E-state index in [1.807, 2.05) is 0 Å². The van der Waals surface area contributed by atoms with Gasteiger partial charge < -0.3 is 124 Å². The Kier molecular flexibility index (Phi) is 20.9. The molecule has 33 atom stereocenters. The summed E-state index contributed by atoms with van der Waals surface area (Å²) in [4.78, 5) is 0. The molecule has 0 amide bonds. The summed E-state index contributed by atoms with van der Waals surface area (Å²) in [7, 11) is 0. The SMILES string of the molecule is C[C@@H]1[C@@H](O)[C@H](OC[C@H]2O[C@@H](O[C@H](CC[C@@H](C)C3CC[C@@]4(C)C5CC=C6C(CC[C@H](O[C@@H]7O[C@H](CO)C([C@@H]8O[C@H](CO)[C@@H](O)[C@H](O)[C@H]8O)[C@H](O)[C@H]7O)C6(C)C)[C@]5(C)CC[C@]34C)C(C)(C)O)[C@H](O[C@H]3O[C@@H](CO)[C@H](O)[C@@H](O)[C@@H]3O)[C@@H](O)[C@@H]2O)OC[C@H]1O. The zero-order valence-corrected chi connectivity index (χ0v) is 50.6. The highest BCUT2D eigenvalue weighted by Crippen LogP contribution is 2.75. The van der Waals surface area contributed by atoms with Crippen LogP contribution in [0.15, 0.2) is 11.6 Å². The van der Waals surface area contributed by atoms with Gasteiger partial charge in [0.15, 0.2) is 25.2 Å². The summed E-state index contributed by atoms with van der Waals surface area (Å²) in [6, 6.07) is 0. The predicted octanol–water partition coefficient (Wildman–Crippen LogP) is -2.19. The number of aliphatic hydroxyl groups is 16. The van der Waals surface area contributed by atoms with E-state index in [1.54, 1.807) is 20.8 Å². The van der Waals surface area contributed by atoms with E-state index in [4.69, 9.17) is 42.6 Å². The van der Waals surface area contributed by atoms with Crippen molar-refractivity contribution in [1.82, 2.24) is 0 Å². The van der Waals surface area contributed by atoms with Gasteiger partial charge in [-0.1, -0.05) is 60.1 Å². The average Bonchev–Trinajstić information content (AvgIpc) is 1.68. The number of hydrogen-bond donors (Lipinski definition) is 16. The maximum absolute atomic E-state index is 11.8. The molecule has 4 aliphatic carbocycles. The number of rotatable bonds is 18. The lowest BCUT2D eigenvalue weighted by Gasteiger charge is -2.66. The lowest BCUT2D eigenvalue weighted by molar-refractivity contribution is -0.379. The lowest BCUT2D eigenvalue weighted by atomic mass is 9.39. The van der Waals surface area contributed by atoms with Gasteiger partial charge in [-0.2, -0.15) is 0 Å². The molecule has 4 unspecified atom stereocenters. The topological polar surface area (TPSA) is 407 Å². The first kappa shape index (κ1) is 68.1.